The maximum absolute atomic E-state index is 4.61. The Labute approximate surface area is 110 Å². The topological polar surface area (TPSA) is 37.8 Å². The first kappa shape index (κ1) is 12.7. The highest BCUT2D eigenvalue weighted by atomic mass is 32.1. The molecule has 0 aromatic carbocycles. The SMILES string of the molecule is CCNCc1sc(Cc2csc(C)n2)nc1C. The molecule has 2 heterocycles. The molecule has 92 valence electrons. The number of aryl methyl sites for hydroxylation is 2. The van der Waals surface area contributed by atoms with Crippen LogP contribution in [0.5, 0.6) is 0 Å². The zero-order valence-electron chi connectivity index (χ0n) is 10.4. The van der Waals surface area contributed by atoms with Crippen molar-refractivity contribution < 1.29 is 0 Å². The van der Waals surface area contributed by atoms with Gasteiger partial charge in [0.2, 0.25) is 0 Å². The van der Waals surface area contributed by atoms with Crippen molar-refractivity contribution in [1.82, 2.24) is 15.3 Å². The summed E-state index contributed by atoms with van der Waals surface area (Å²) >= 11 is 3.50. The van der Waals surface area contributed by atoms with Crippen molar-refractivity contribution in [3.8, 4) is 0 Å². The Kier molecular flexibility index (Phi) is 4.25. The van der Waals surface area contributed by atoms with Crippen LogP contribution in [0.4, 0.5) is 0 Å². The normalized spacial score (nSPS) is 11.0. The second kappa shape index (κ2) is 5.71. The highest BCUT2D eigenvalue weighted by molar-refractivity contribution is 7.11. The minimum Gasteiger partial charge on any atom is -0.312 e. The van der Waals surface area contributed by atoms with E-state index in [0.717, 1.165) is 35.9 Å². The van der Waals surface area contributed by atoms with Crippen LogP contribution in [-0.2, 0) is 13.0 Å². The molecule has 0 aliphatic heterocycles. The molecular weight excluding hydrogens is 250 g/mol. The van der Waals surface area contributed by atoms with Crippen molar-refractivity contribution in [3.05, 3.63) is 31.7 Å². The molecule has 0 amide bonds. The molecule has 2 rings (SSSR count). The molecule has 0 bridgehead atoms. The third-order valence-electron chi connectivity index (χ3n) is 2.47. The van der Waals surface area contributed by atoms with Crippen LogP contribution in [0.25, 0.3) is 0 Å². The zero-order chi connectivity index (χ0) is 12.3. The second-order valence-corrected chi connectivity index (χ2v) is 6.16. The highest BCUT2D eigenvalue weighted by Gasteiger charge is 2.09. The summed E-state index contributed by atoms with van der Waals surface area (Å²) in [6.07, 6.45) is 0.863. The number of hydrogen-bond donors (Lipinski definition) is 1. The molecular formula is C12H17N3S2. The summed E-state index contributed by atoms with van der Waals surface area (Å²) in [6.45, 7) is 8.17. The molecule has 0 fully saturated rings. The fraction of sp³-hybridized carbons (Fsp3) is 0.500. The van der Waals surface area contributed by atoms with Crippen LogP contribution in [0.3, 0.4) is 0 Å². The molecule has 0 aliphatic carbocycles. The molecule has 0 radical (unpaired) electrons. The average Bonchev–Trinajstić information content (AvgIpc) is 2.83. The first-order chi connectivity index (χ1) is 8.19. The molecule has 17 heavy (non-hydrogen) atoms. The van der Waals surface area contributed by atoms with E-state index in [1.165, 1.54) is 9.88 Å². The number of aromatic nitrogens is 2. The van der Waals surface area contributed by atoms with Crippen LogP contribution in [-0.4, -0.2) is 16.5 Å². The van der Waals surface area contributed by atoms with Crippen molar-refractivity contribution in [3.63, 3.8) is 0 Å². The summed E-state index contributed by atoms with van der Waals surface area (Å²) in [4.78, 5) is 10.4. The summed E-state index contributed by atoms with van der Waals surface area (Å²) in [7, 11) is 0. The van der Waals surface area contributed by atoms with Gasteiger partial charge in [-0.15, -0.1) is 22.7 Å². The van der Waals surface area contributed by atoms with Gasteiger partial charge in [-0.05, 0) is 20.4 Å². The van der Waals surface area contributed by atoms with Gasteiger partial charge in [-0.1, -0.05) is 6.92 Å². The number of thiazole rings is 2. The lowest BCUT2D eigenvalue weighted by atomic mass is 10.3. The maximum atomic E-state index is 4.61. The lowest BCUT2D eigenvalue weighted by Gasteiger charge is -1.97. The molecule has 0 atom stereocenters. The average molecular weight is 267 g/mol. The van der Waals surface area contributed by atoms with Gasteiger partial charge in [0.05, 0.1) is 21.4 Å². The third-order valence-corrected chi connectivity index (χ3v) is 4.45. The van der Waals surface area contributed by atoms with E-state index in [1.54, 1.807) is 22.7 Å². The van der Waals surface area contributed by atoms with Crippen molar-refractivity contribution in [2.75, 3.05) is 6.54 Å². The smallest absolute Gasteiger partial charge is 0.0991 e. The Morgan fingerprint density at radius 2 is 2.12 bits per heavy atom. The summed E-state index contributed by atoms with van der Waals surface area (Å²) in [5.41, 5.74) is 2.29. The Morgan fingerprint density at radius 1 is 1.29 bits per heavy atom. The number of nitrogens with zero attached hydrogens (tertiary/aromatic N) is 2. The van der Waals surface area contributed by atoms with Gasteiger partial charge in [0.1, 0.15) is 0 Å². The van der Waals surface area contributed by atoms with Crippen LogP contribution in [0, 0.1) is 13.8 Å². The molecule has 2 aromatic heterocycles. The van der Waals surface area contributed by atoms with E-state index in [2.05, 4.69) is 34.5 Å². The van der Waals surface area contributed by atoms with Crippen molar-refractivity contribution in [2.45, 2.75) is 33.7 Å². The maximum Gasteiger partial charge on any atom is 0.0991 e. The third kappa shape index (κ3) is 3.34. The van der Waals surface area contributed by atoms with Gasteiger partial charge >= 0.3 is 0 Å². The van der Waals surface area contributed by atoms with E-state index in [9.17, 15) is 0 Å². The van der Waals surface area contributed by atoms with Gasteiger partial charge in [0.15, 0.2) is 0 Å². The minimum atomic E-state index is 0.863. The fourth-order valence-electron chi connectivity index (χ4n) is 1.61. The summed E-state index contributed by atoms with van der Waals surface area (Å²) < 4.78 is 0. The van der Waals surface area contributed by atoms with E-state index in [0.29, 0.717) is 0 Å². The van der Waals surface area contributed by atoms with Crippen molar-refractivity contribution in [2.24, 2.45) is 0 Å². The van der Waals surface area contributed by atoms with Crippen molar-refractivity contribution >= 4 is 22.7 Å². The Morgan fingerprint density at radius 3 is 2.76 bits per heavy atom. The van der Waals surface area contributed by atoms with Crippen LogP contribution in [0.2, 0.25) is 0 Å². The summed E-state index contributed by atoms with van der Waals surface area (Å²) in [5.74, 6) is 0. The van der Waals surface area contributed by atoms with E-state index in [1.807, 2.05) is 6.92 Å². The molecule has 5 heteroatoms. The zero-order valence-corrected chi connectivity index (χ0v) is 12.0. The molecule has 0 spiro atoms. The first-order valence-corrected chi connectivity index (χ1v) is 7.45. The molecule has 1 N–H and O–H groups in total. The number of rotatable bonds is 5. The molecule has 0 saturated heterocycles. The number of hydrogen-bond acceptors (Lipinski definition) is 5. The van der Waals surface area contributed by atoms with Crippen LogP contribution in [0.15, 0.2) is 5.38 Å². The fourth-order valence-corrected chi connectivity index (χ4v) is 3.28. The minimum absolute atomic E-state index is 0.863. The van der Waals surface area contributed by atoms with Gasteiger partial charge in [0.25, 0.3) is 0 Å². The monoisotopic (exact) mass is 267 g/mol. The molecule has 0 aliphatic rings. The van der Waals surface area contributed by atoms with E-state index >= 15 is 0 Å². The molecule has 2 aromatic rings. The van der Waals surface area contributed by atoms with Gasteiger partial charge in [-0.25, -0.2) is 9.97 Å². The predicted molar refractivity (Wildman–Crippen MR) is 73.9 cm³/mol. The standard InChI is InChI=1S/C12H17N3S2/c1-4-13-6-11-8(2)14-12(17-11)5-10-7-16-9(3)15-10/h7,13H,4-6H2,1-3H3. The van der Waals surface area contributed by atoms with Gasteiger partial charge in [0, 0.05) is 23.2 Å². The summed E-state index contributed by atoms with van der Waals surface area (Å²) in [5, 5.41) is 7.76. The van der Waals surface area contributed by atoms with E-state index in [4.69, 9.17) is 0 Å². The highest BCUT2D eigenvalue weighted by Crippen LogP contribution is 2.21. The molecule has 3 nitrogen and oxygen atoms in total. The predicted octanol–water partition coefficient (Wildman–Crippen LogP) is 2.92. The summed E-state index contributed by atoms with van der Waals surface area (Å²) in [6, 6.07) is 0. The number of nitrogens with one attached hydrogen (secondary N) is 1. The van der Waals surface area contributed by atoms with Gasteiger partial charge < -0.3 is 5.32 Å². The molecule has 0 unspecified atom stereocenters. The first-order valence-electron chi connectivity index (χ1n) is 5.76. The van der Waals surface area contributed by atoms with E-state index in [-0.39, 0.29) is 0 Å². The Bertz CT molecular complexity index is 488. The lowest BCUT2D eigenvalue weighted by Crippen LogP contribution is -2.11. The van der Waals surface area contributed by atoms with Crippen LogP contribution >= 0.6 is 22.7 Å². The Hall–Kier alpha value is -0.780. The van der Waals surface area contributed by atoms with Gasteiger partial charge in [-0.3, -0.25) is 0 Å². The largest absolute Gasteiger partial charge is 0.312 e. The van der Waals surface area contributed by atoms with Gasteiger partial charge in [-0.2, -0.15) is 0 Å². The quantitative estimate of drug-likeness (QED) is 0.905. The Balaban J connectivity index is 2.06. The van der Waals surface area contributed by atoms with Crippen LogP contribution < -0.4 is 5.32 Å². The van der Waals surface area contributed by atoms with Crippen molar-refractivity contribution in [1.29, 1.82) is 0 Å². The second-order valence-electron chi connectivity index (χ2n) is 3.93. The molecule has 0 saturated carbocycles. The lowest BCUT2D eigenvalue weighted by molar-refractivity contribution is 0.731. The van der Waals surface area contributed by atoms with Crippen LogP contribution in [0.1, 0.15) is 33.2 Å². The van der Waals surface area contributed by atoms with E-state index < -0.39 is 0 Å².